The van der Waals surface area contributed by atoms with E-state index in [1.807, 2.05) is 13.0 Å². The summed E-state index contributed by atoms with van der Waals surface area (Å²) in [7, 11) is 0. The van der Waals surface area contributed by atoms with E-state index in [9.17, 15) is 0 Å². The summed E-state index contributed by atoms with van der Waals surface area (Å²) in [5.41, 5.74) is 0.947. The van der Waals surface area contributed by atoms with Gasteiger partial charge in [0.15, 0.2) is 11.6 Å². The molecule has 1 saturated heterocycles. The van der Waals surface area contributed by atoms with E-state index in [0.29, 0.717) is 60.9 Å². The van der Waals surface area contributed by atoms with E-state index < -0.39 is 0 Å². The fourth-order valence-electron chi connectivity index (χ4n) is 4.67. The molecule has 0 aliphatic carbocycles. The number of likely N-dealkylation sites (tertiary alicyclic amines) is 1. The van der Waals surface area contributed by atoms with Crippen LogP contribution in [0.15, 0.2) is 6.07 Å². The second kappa shape index (κ2) is 10.0. The molecule has 0 amide bonds. The van der Waals surface area contributed by atoms with Gasteiger partial charge in [-0.2, -0.15) is 20.3 Å². The summed E-state index contributed by atoms with van der Waals surface area (Å²) in [5, 5.41) is 23.0. The minimum atomic E-state index is 0.244. The number of nitrogens with zero attached hydrogens (tertiary/aromatic N) is 5. The highest BCUT2D eigenvalue weighted by atomic mass is 16.6. The van der Waals surface area contributed by atoms with Crippen LogP contribution in [0.2, 0.25) is 0 Å². The van der Waals surface area contributed by atoms with Crippen LogP contribution in [-0.4, -0.2) is 62.9 Å². The van der Waals surface area contributed by atoms with Crippen molar-refractivity contribution >= 4 is 17.6 Å². The second-order valence-electron chi connectivity index (χ2n) is 8.37. The molecule has 2 aliphatic heterocycles. The summed E-state index contributed by atoms with van der Waals surface area (Å²) in [6, 6.07) is 5.29. The molecule has 0 spiro atoms. The summed E-state index contributed by atoms with van der Waals surface area (Å²) < 4.78 is 11.6. The fourth-order valence-corrected chi connectivity index (χ4v) is 4.67. The maximum absolute atomic E-state index is 9.07. The van der Waals surface area contributed by atoms with E-state index in [-0.39, 0.29) is 6.04 Å². The van der Waals surface area contributed by atoms with E-state index >= 15 is 0 Å². The Labute approximate surface area is 188 Å². The zero-order valence-electron chi connectivity index (χ0n) is 19.0. The molecule has 2 aromatic rings. The zero-order valence-corrected chi connectivity index (χ0v) is 19.0. The normalized spacial score (nSPS) is 22.9. The largest absolute Gasteiger partial charge is 0.482 e. The van der Waals surface area contributed by atoms with E-state index in [2.05, 4.69) is 50.6 Å². The van der Waals surface area contributed by atoms with Gasteiger partial charge in [0.2, 0.25) is 11.7 Å². The molecule has 2 unspecified atom stereocenters. The molecule has 10 nitrogen and oxygen atoms in total. The second-order valence-corrected chi connectivity index (χ2v) is 8.37. The highest BCUT2D eigenvalue weighted by Crippen LogP contribution is 2.38. The number of nitriles is 1. The third-order valence-electron chi connectivity index (χ3n) is 6.17. The molecule has 3 N–H and O–H groups in total. The summed E-state index contributed by atoms with van der Waals surface area (Å²) in [6.45, 7) is 8.13. The summed E-state index contributed by atoms with van der Waals surface area (Å²) in [5.74, 6) is 2.70. The number of hydrogen-bond acceptors (Lipinski definition) is 9. The number of aromatic amines is 1. The Morgan fingerprint density at radius 1 is 1.19 bits per heavy atom. The van der Waals surface area contributed by atoms with Gasteiger partial charge in [-0.15, -0.1) is 0 Å². The zero-order chi connectivity index (χ0) is 22.5. The fraction of sp³-hybridized carbons (Fsp3) is 0.636. The van der Waals surface area contributed by atoms with Crippen molar-refractivity contribution in [1.82, 2.24) is 25.1 Å². The van der Waals surface area contributed by atoms with Crippen molar-refractivity contribution in [2.24, 2.45) is 0 Å². The van der Waals surface area contributed by atoms with Gasteiger partial charge < -0.3 is 20.1 Å². The molecule has 0 bridgehead atoms. The van der Waals surface area contributed by atoms with Gasteiger partial charge in [-0.25, -0.2) is 0 Å². The van der Waals surface area contributed by atoms with E-state index in [0.717, 1.165) is 37.9 Å². The van der Waals surface area contributed by atoms with Gasteiger partial charge in [-0.3, -0.25) is 10.00 Å². The van der Waals surface area contributed by atoms with Crippen molar-refractivity contribution in [3.8, 4) is 17.7 Å². The molecule has 0 radical (unpaired) electrons. The van der Waals surface area contributed by atoms with Crippen LogP contribution < -0.4 is 20.1 Å². The Morgan fingerprint density at radius 2 is 1.94 bits per heavy atom. The number of anilines is 3. The van der Waals surface area contributed by atoms with Gasteiger partial charge in [0.1, 0.15) is 13.2 Å². The minimum absolute atomic E-state index is 0.244. The highest BCUT2D eigenvalue weighted by Gasteiger charge is 2.34. The number of piperidine rings is 1. The molecular formula is C22H32N8O2. The molecule has 1 fully saturated rings. The maximum Gasteiger partial charge on any atom is 0.264 e. The van der Waals surface area contributed by atoms with Crippen molar-refractivity contribution in [2.45, 2.75) is 71.0 Å². The van der Waals surface area contributed by atoms with Gasteiger partial charge in [0.25, 0.3) is 5.88 Å². The monoisotopic (exact) mass is 440 g/mol. The van der Waals surface area contributed by atoms with Crippen LogP contribution in [0.1, 0.15) is 51.6 Å². The molecule has 0 saturated carbocycles. The first-order valence-electron chi connectivity index (χ1n) is 11.5. The van der Waals surface area contributed by atoms with Crippen molar-refractivity contribution in [3.63, 3.8) is 0 Å². The molecule has 0 aromatic carbocycles. The van der Waals surface area contributed by atoms with Gasteiger partial charge in [0, 0.05) is 42.9 Å². The molecule has 32 heavy (non-hydrogen) atoms. The van der Waals surface area contributed by atoms with E-state index in [1.54, 1.807) is 0 Å². The maximum atomic E-state index is 9.07. The molecule has 2 aromatic heterocycles. The molecule has 4 heterocycles. The number of hydrogen-bond donors (Lipinski definition) is 3. The Kier molecular flexibility index (Phi) is 6.95. The molecule has 4 rings (SSSR count). The average molecular weight is 441 g/mol. The van der Waals surface area contributed by atoms with Crippen LogP contribution in [0.5, 0.6) is 11.6 Å². The number of fused-ring (bicyclic) bond motifs is 1. The predicted molar refractivity (Wildman–Crippen MR) is 121 cm³/mol. The van der Waals surface area contributed by atoms with Crippen LogP contribution in [0, 0.1) is 18.3 Å². The van der Waals surface area contributed by atoms with Gasteiger partial charge in [-0.1, -0.05) is 13.8 Å². The van der Waals surface area contributed by atoms with Gasteiger partial charge in [-0.05, 0) is 32.6 Å². The number of aromatic nitrogens is 4. The first kappa shape index (κ1) is 22.1. The molecule has 2 atom stereocenters. The van der Waals surface area contributed by atoms with Crippen LogP contribution in [0.4, 0.5) is 17.6 Å². The van der Waals surface area contributed by atoms with Crippen molar-refractivity contribution < 1.29 is 9.47 Å². The van der Waals surface area contributed by atoms with Crippen molar-refractivity contribution in [2.75, 3.05) is 30.4 Å². The number of aryl methyl sites for hydroxylation is 1. The molecular weight excluding hydrogens is 408 g/mol. The van der Waals surface area contributed by atoms with Crippen LogP contribution in [0.25, 0.3) is 0 Å². The quantitative estimate of drug-likeness (QED) is 0.566. The summed E-state index contributed by atoms with van der Waals surface area (Å²) >= 11 is 0. The lowest BCUT2D eigenvalue weighted by molar-refractivity contribution is 0.0733. The van der Waals surface area contributed by atoms with Crippen LogP contribution >= 0.6 is 0 Å². The van der Waals surface area contributed by atoms with Crippen molar-refractivity contribution in [1.29, 1.82) is 5.26 Å². The van der Waals surface area contributed by atoms with Gasteiger partial charge >= 0.3 is 0 Å². The first-order chi connectivity index (χ1) is 15.6. The predicted octanol–water partition coefficient (Wildman–Crippen LogP) is 3.37. The molecule has 172 valence electrons. The number of H-pyrrole nitrogens is 1. The lowest BCUT2D eigenvalue weighted by Crippen LogP contribution is -2.52. The SMILES string of the molecule is CCC1CC(Nc2nc(Nc3cc(C)[nH]n3)nc3c2OCCO3)CC(CC)N1CCC#N. The Bertz CT molecular complexity index is 942. The summed E-state index contributed by atoms with van der Waals surface area (Å²) in [6.07, 6.45) is 4.63. The topological polar surface area (TPSA) is 124 Å². The minimum Gasteiger partial charge on any atom is -0.482 e. The lowest BCUT2D eigenvalue weighted by Gasteiger charge is -2.45. The van der Waals surface area contributed by atoms with Crippen LogP contribution in [-0.2, 0) is 0 Å². The highest BCUT2D eigenvalue weighted by molar-refractivity contribution is 5.62. The third-order valence-corrected chi connectivity index (χ3v) is 6.17. The number of ether oxygens (including phenoxy) is 2. The van der Waals surface area contributed by atoms with E-state index in [4.69, 9.17) is 19.7 Å². The summed E-state index contributed by atoms with van der Waals surface area (Å²) in [4.78, 5) is 11.7. The Morgan fingerprint density at radius 3 is 2.59 bits per heavy atom. The number of nitrogens with one attached hydrogen (secondary N) is 3. The Hall–Kier alpha value is -3.06. The van der Waals surface area contributed by atoms with Gasteiger partial charge in [0.05, 0.1) is 6.07 Å². The first-order valence-corrected chi connectivity index (χ1v) is 11.5. The molecule has 10 heteroatoms. The van der Waals surface area contributed by atoms with E-state index in [1.165, 1.54) is 0 Å². The third kappa shape index (κ3) is 4.88. The standard InChI is InChI=1S/C22H32N8O2/c1-4-16-12-15(13-17(5-2)30(16)8-6-7-23)24-20-19-21(32-10-9-31-19)27-22(26-20)25-18-11-14(3)28-29-18/h11,15-17H,4-6,8-10,12-13H2,1-3H3,(H3,24,25,26,27,28,29). The van der Waals surface area contributed by atoms with Crippen LogP contribution in [0.3, 0.4) is 0 Å². The lowest BCUT2D eigenvalue weighted by atomic mass is 9.88. The smallest absolute Gasteiger partial charge is 0.264 e. The average Bonchev–Trinajstić information content (AvgIpc) is 3.21. The Balaban J connectivity index is 1.56. The molecule has 2 aliphatic rings. The number of rotatable bonds is 8. The van der Waals surface area contributed by atoms with Crippen molar-refractivity contribution in [3.05, 3.63) is 11.8 Å².